The third kappa shape index (κ3) is 2.61. The Balaban J connectivity index is 2.00. The lowest BCUT2D eigenvalue weighted by Crippen LogP contribution is -2.38. The quantitative estimate of drug-likeness (QED) is 0.885. The number of nitrogens with zero attached hydrogens (tertiary/aromatic N) is 3. The molecule has 0 bridgehead atoms. The zero-order valence-corrected chi connectivity index (χ0v) is 13.5. The minimum absolute atomic E-state index is 0.200. The van der Waals surface area contributed by atoms with Gasteiger partial charge in [0.1, 0.15) is 11.8 Å². The Kier molecular flexibility index (Phi) is 3.91. The van der Waals surface area contributed by atoms with Crippen LogP contribution in [0.1, 0.15) is 29.7 Å². The fourth-order valence-corrected chi connectivity index (χ4v) is 3.44. The van der Waals surface area contributed by atoms with Crippen LogP contribution in [0.15, 0.2) is 18.2 Å². The summed E-state index contributed by atoms with van der Waals surface area (Å²) in [5, 5.41) is 18.0. The second-order valence-electron chi connectivity index (χ2n) is 6.29. The molecule has 1 saturated heterocycles. The summed E-state index contributed by atoms with van der Waals surface area (Å²) >= 11 is 0. The van der Waals surface area contributed by atoms with E-state index in [0.717, 1.165) is 41.5 Å². The van der Waals surface area contributed by atoms with Crippen LogP contribution in [0.5, 0.6) is 0 Å². The summed E-state index contributed by atoms with van der Waals surface area (Å²) in [5.41, 5.74) is 3.58. The summed E-state index contributed by atoms with van der Waals surface area (Å²) < 4.78 is 2.06. The molecule has 5 heteroatoms. The van der Waals surface area contributed by atoms with E-state index in [1.54, 1.807) is 4.90 Å². The molecule has 1 amide bonds. The van der Waals surface area contributed by atoms with E-state index in [1.807, 2.05) is 32.2 Å². The molecule has 3 rings (SSSR count). The van der Waals surface area contributed by atoms with Crippen LogP contribution >= 0.6 is 0 Å². The van der Waals surface area contributed by atoms with E-state index in [1.165, 1.54) is 6.21 Å². The second-order valence-corrected chi connectivity index (χ2v) is 6.29. The van der Waals surface area contributed by atoms with Crippen LogP contribution in [0.25, 0.3) is 10.9 Å². The van der Waals surface area contributed by atoms with Crippen molar-refractivity contribution in [2.45, 2.75) is 26.3 Å². The number of likely N-dealkylation sites (tertiary alicyclic amines) is 1. The standard InChI is InChI=1S/C18H20N4O/c1-12-14(8-19)4-5-17-16(12)7-15(9-20)22(17)11-13-3-6-18(23)21(2)10-13/h4-5,7-8,13,19H,3,6,10-11H2,1-2H3. The molecule has 1 unspecified atom stereocenters. The first-order valence-corrected chi connectivity index (χ1v) is 7.82. The molecule has 118 valence electrons. The van der Waals surface area contributed by atoms with Crippen LogP contribution in [0, 0.1) is 29.6 Å². The molecule has 2 heterocycles. The Morgan fingerprint density at radius 1 is 1.48 bits per heavy atom. The number of carbonyl (C=O) groups is 1. The van der Waals surface area contributed by atoms with Gasteiger partial charge in [0.2, 0.25) is 5.91 Å². The summed E-state index contributed by atoms with van der Waals surface area (Å²) in [4.78, 5) is 13.4. The third-order valence-electron chi connectivity index (χ3n) is 4.83. The van der Waals surface area contributed by atoms with Crippen LogP contribution in [-0.4, -0.2) is 35.2 Å². The minimum Gasteiger partial charge on any atom is -0.345 e. The first-order valence-electron chi connectivity index (χ1n) is 7.82. The van der Waals surface area contributed by atoms with Gasteiger partial charge in [-0.2, -0.15) is 5.26 Å². The molecular weight excluding hydrogens is 288 g/mol. The number of aryl methyl sites for hydroxylation is 1. The molecule has 1 aromatic heterocycles. The van der Waals surface area contributed by atoms with Gasteiger partial charge in [0.05, 0.1) is 0 Å². The van der Waals surface area contributed by atoms with Gasteiger partial charge in [0.25, 0.3) is 0 Å². The average molecular weight is 308 g/mol. The van der Waals surface area contributed by atoms with Gasteiger partial charge in [0, 0.05) is 43.7 Å². The summed E-state index contributed by atoms with van der Waals surface area (Å²) in [6.45, 7) is 3.47. The number of hydrogen-bond donors (Lipinski definition) is 1. The van der Waals surface area contributed by atoms with Crippen LogP contribution in [0.4, 0.5) is 0 Å². The van der Waals surface area contributed by atoms with Gasteiger partial charge in [0.15, 0.2) is 0 Å². The molecule has 1 fully saturated rings. The van der Waals surface area contributed by atoms with Gasteiger partial charge in [-0.25, -0.2) is 0 Å². The topological polar surface area (TPSA) is 72.9 Å². The van der Waals surface area contributed by atoms with E-state index in [4.69, 9.17) is 5.41 Å². The predicted molar refractivity (Wildman–Crippen MR) is 89.6 cm³/mol. The van der Waals surface area contributed by atoms with Gasteiger partial charge < -0.3 is 14.9 Å². The highest BCUT2D eigenvalue weighted by atomic mass is 16.2. The molecule has 1 aromatic carbocycles. The average Bonchev–Trinajstić information content (AvgIpc) is 2.90. The normalized spacial score (nSPS) is 18.2. The number of nitriles is 1. The van der Waals surface area contributed by atoms with Gasteiger partial charge in [-0.3, -0.25) is 4.79 Å². The first-order chi connectivity index (χ1) is 11.0. The lowest BCUT2D eigenvalue weighted by Gasteiger charge is -2.30. The molecule has 2 aromatic rings. The van der Waals surface area contributed by atoms with Crippen molar-refractivity contribution in [2.75, 3.05) is 13.6 Å². The van der Waals surface area contributed by atoms with E-state index in [9.17, 15) is 10.1 Å². The van der Waals surface area contributed by atoms with Crippen molar-refractivity contribution in [1.82, 2.24) is 9.47 Å². The van der Waals surface area contributed by atoms with Crippen molar-refractivity contribution >= 4 is 23.0 Å². The van der Waals surface area contributed by atoms with Crippen molar-refractivity contribution in [3.63, 3.8) is 0 Å². The highest BCUT2D eigenvalue weighted by molar-refractivity contribution is 5.93. The Labute approximate surface area is 135 Å². The van der Waals surface area contributed by atoms with E-state index in [-0.39, 0.29) is 5.91 Å². The number of benzene rings is 1. The van der Waals surface area contributed by atoms with E-state index < -0.39 is 0 Å². The highest BCUT2D eigenvalue weighted by Crippen LogP contribution is 2.27. The van der Waals surface area contributed by atoms with E-state index in [2.05, 4.69) is 10.6 Å². The third-order valence-corrected chi connectivity index (χ3v) is 4.83. The molecular formula is C18H20N4O. The molecule has 1 aliphatic heterocycles. The maximum Gasteiger partial charge on any atom is 0.222 e. The fraction of sp³-hybridized carbons (Fsp3) is 0.389. The predicted octanol–water partition coefficient (Wildman–Crippen LogP) is 2.69. The van der Waals surface area contributed by atoms with Crippen molar-refractivity contribution in [3.8, 4) is 6.07 Å². The Hall–Kier alpha value is -2.61. The molecule has 5 nitrogen and oxygen atoms in total. The molecule has 23 heavy (non-hydrogen) atoms. The number of piperidine rings is 1. The number of fused-ring (bicyclic) bond motifs is 1. The molecule has 0 radical (unpaired) electrons. The van der Waals surface area contributed by atoms with Crippen molar-refractivity contribution < 1.29 is 4.79 Å². The van der Waals surface area contributed by atoms with Crippen LogP contribution in [0.3, 0.4) is 0 Å². The van der Waals surface area contributed by atoms with Crippen LogP contribution in [0.2, 0.25) is 0 Å². The number of hydrogen-bond acceptors (Lipinski definition) is 3. The lowest BCUT2D eigenvalue weighted by atomic mass is 9.97. The summed E-state index contributed by atoms with van der Waals surface area (Å²) in [7, 11) is 1.84. The van der Waals surface area contributed by atoms with E-state index in [0.29, 0.717) is 18.0 Å². The second kappa shape index (κ2) is 5.88. The maximum atomic E-state index is 11.6. The lowest BCUT2D eigenvalue weighted by molar-refractivity contribution is -0.133. The SMILES string of the molecule is Cc1c(C=N)ccc2c1cc(C#N)n2CC1CCC(=O)N(C)C1. The number of rotatable bonds is 3. The number of aromatic nitrogens is 1. The molecule has 1 atom stereocenters. The first kappa shape index (κ1) is 15.3. The summed E-state index contributed by atoms with van der Waals surface area (Å²) in [6.07, 6.45) is 2.80. The van der Waals surface area contributed by atoms with Gasteiger partial charge >= 0.3 is 0 Å². The van der Waals surface area contributed by atoms with Crippen molar-refractivity contribution in [2.24, 2.45) is 5.92 Å². The highest BCUT2D eigenvalue weighted by Gasteiger charge is 2.24. The van der Waals surface area contributed by atoms with Gasteiger partial charge in [-0.05, 0) is 42.5 Å². The Morgan fingerprint density at radius 3 is 2.91 bits per heavy atom. The van der Waals surface area contributed by atoms with Gasteiger partial charge in [-0.15, -0.1) is 0 Å². The zero-order chi connectivity index (χ0) is 16.6. The van der Waals surface area contributed by atoms with Gasteiger partial charge in [-0.1, -0.05) is 6.07 Å². The van der Waals surface area contributed by atoms with Crippen molar-refractivity contribution in [1.29, 1.82) is 10.7 Å². The number of nitrogens with one attached hydrogen (secondary N) is 1. The Morgan fingerprint density at radius 2 is 2.26 bits per heavy atom. The van der Waals surface area contributed by atoms with Crippen LogP contribution < -0.4 is 0 Å². The summed E-state index contributed by atoms with van der Waals surface area (Å²) in [6, 6.07) is 8.11. The molecule has 0 spiro atoms. The molecule has 0 aliphatic carbocycles. The molecule has 1 N–H and O–H groups in total. The maximum absolute atomic E-state index is 11.6. The van der Waals surface area contributed by atoms with Crippen LogP contribution in [-0.2, 0) is 11.3 Å². The zero-order valence-electron chi connectivity index (χ0n) is 13.5. The Bertz CT molecular complexity index is 828. The van der Waals surface area contributed by atoms with E-state index >= 15 is 0 Å². The monoisotopic (exact) mass is 308 g/mol. The molecule has 0 saturated carbocycles. The number of amides is 1. The molecule has 1 aliphatic rings. The summed E-state index contributed by atoms with van der Waals surface area (Å²) in [5.74, 6) is 0.564. The number of carbonyl (C=O) groups excluding carboxylic acids is 1. The minimum atomic E-state index is 0.200. The smallest absolute Gasteiger partial charge is 0.222 e. The largest absolute Gasteiger partial charge is 0.345 e. The van der Waals surface area contributed by atoms with Crippen molar-refractivity contribution in [3.05, 3.63) is 35.0 Å². The fourth-order valence-electron chi connectivity index (χ4n) is 3.44.